The van der Waals surface area contributed by atoms with Crippen molar-refractivity contribution >= 4 is 0 Å². The molecule has 1 saturated heterocycles. The molecule has 0 aromatic rings. The number of hydrogen-bond acceptors (Lipinski definition) is 2. The average Bonchev–Trinajstić information content (AvgIpc) is 1.83. The highest BCUT2D eigenvalue weighted by Crippen LogP contribution is 2.23. The molecule has 1 unspecified atom stereocenters. The highest BCUT2D eigenvalue weighted by molar-refractivity contribution is 4.78. The molecule has 0 amide bonds. The summed E-state index contributed by atoms with van der Waals surface area (Å²) in [6.07, 6.45) is 1.15. The average molecular weight is 143 g/mol. The maximum absolute atomic E-state index is 5.57. The van der Waals surface area contributed by atoms with Crippen LogP contribution < -0.4 is 0 Å². The largest absolute Gasteiger partial charge is 0.361 e. The molecule has 2 nitrogen and oxygen atoms in total. The Morgan fingerprint density at radius 2 is 2.10 bits per heavy atom. The van der Waals surface area contributed by atoms with Crippen molar-refractivity contribution in [1.82, 2.24) is 4.90 Å². The molecule has 0 aliphatic carbocycles. The van der Waals surface area contributed by atoms with Crippen LogP contribution >= 0.6 is 0 Å². The monoisotopic (exact) mass is 143 g/mol. The minimum atomic E-state index is -0.0579. The van der Waals surface area contributed by atoms with Crippen molar-refractivity contribution in [3.05, 3.63) is 0 Å². The molecule has 1 fully saturated rings. The molecule has 0 radical (unpaired) electrons. The molecule has 0 saturated carbocycles. The lowest BCUT2D eigenvalue weighted by atomic mass is 10.1. The van der Waals surface area contributed by atoms with Gasteiger partial charge in [-0.25, -0.2) is 0 Å². The first-order valence-electron chi connectivity index (χ1n) is 3.91. The molecule has 1 atom stereocenters. The lowest BCUT2D eigenvalue weighted by Crippen LogP contribution is -2.52. The topological polar surface area (TPSA) is 12.5 Å². The van der Waals surface area contributed by atoms with E-state index in [-0.39, 0.29) is 5.72 Å². The van der Waals surface area contributed by atoms with Gasteiger partial charge in [-0.3, -0.25) is 4.90 Å². The van der Waals surface area contributed by atoms with Crippen molar-refractivity contribution in [2.24, 2.45) is 0 Å². The molecule has 60 valence electrons. The van der Waals surface area contributed by atoms with Crippen LogP contribution in [0.4, 0.5) is 0 Å². The van der Waals surface area contributed by atoms with Gasteiger partial charge in [-0.2, -0.15) is 0 Å². The van der Waals surface area contributed by atoms with Crippen LogP contribution in [-0.2, 0) is 4.74 Å². The Kier molecular flexibility index (Phi) is 2.02. The van der Waals surface area contributed by atoms with Crippen LogP contribution in [0, 0.1) is 0 Å². The minimum absolute atomic E-state index is 0.0579. The zero-order valence-electron chi connectivity index (χ0n) is 7.35. The second-order valence-corrected chi connectivity index (χ2v) is 3.54. The molecule has 0 N–H and O–H groups in total. The molecule has 0 spiro atoms. The van der Waals surface area contributed by atoms with Crippen molar-refractivity contribution in [1.29, 1.82) is 0 Å². The highest BCUT2D eigenvalue weighted by atomic mass is 16.5. The first-order chi connectivity index (χ1) is 4.54. The lowest BCUT2D eigenvalue weighted by Gasteiger charge is -2.43. The second-order valence-electron chi connectivity index (χ2n) is 3.54. The van der Waals surface area contributed by atoms with Crippen LogP contribution in [0.3, 0.4) is 0 Å². The number of ether oxygens (including phenoxy) is 1. The SMILES string of the molecule is CC1CCOC(C)(C)N1C. The molecule has 1 aliphatic rings. The Morgan fingerprint density at radius 3 is 2.50 bits per heavy atom. The molecule has 0 aromatic carbocycles. The molecule has 0 aromatic heterocycles. The summed E-state index contributed by atoms with van der Waals surface area (Å²) in [6.45, 7) is 7.37. The maximum Gasteiger partial charge on any atom is 0.116 e. The Morgan fingerprint density at radius 1 is 1.50 bits per heavy atom. The van der Waals surface area contributed by atoms with Crippen molar-refractivity contribution in [3.8, 4) is 0 Å². The van der Waals surface area contributed by atoms with E-state index in [9.17, 15) is 0 Å². The number of hydrogen-bond donors (Lipinski definition) is 0. The van der Waals surface area contributed by atoms with E-state index >= 15 is 0 Å². The third-order valence-corrected chi connectivity index (χ3v) is 2.50. The van der Waals surface area contributed by atoms with Gasteiger partial charge in [-0.1, -0.05) is 0 Å². The maximum atomic E-state index is 5.57. The van der Waals surface area contributed by atoms with Gasteiger partial charge in [0.1, 0.15) is 5.72 Å². The number of rotatable bonds is 0. The van der Waals surface area contributed by atoms with Crippen LogP contribution in [-0.4, -0.2) is 30.3 Å². The van der Waals surface area contributed by atoms with E-state index in [2.05, 4.69) is 32.7 Å². The summed E-state index contributed by atoms with van der Waals surface area (Å²) >= 11 is 0. The Balaban J connectivity index is 2.60. The zero-order chi connectivity index (χ0) is 7.78. The van der Waals surface area contributed by atoms with Gasteiger partial charge >= 0.3 is 0 Å². The van der Waals surface area contributed by atoms with Gasteiger partial charge < -0.3 is 4.74 Å². The zero-order valence-corrected chi connectivity index (χ0v) is 7.35. The van der Waals surface area contributed by atoms with Gasteiger partial charge in [0.15, 0.2) is 0 Å². The number of nitrogens with zero attached hydrogens (tertiary/aromatic N) is 1. The summed E-state index contributed by atoms with van der Waals surface area (Å²) in [6, 6.07) is 0.656. The first kappa shape index (κ1) is 8.02. The normalized spacial score (nSPS) is 34.2. The molecule has 1 heterocycles. The third-order valence-electron chi connectivity index (χ3n) is 2.50. The quantitative estimate of drug-likeness (QED) is 0.509. The van der Waals surface area contributed by atoms with Gasteiger partial charge in [-0.05, 0) is 34.2 Å². The van der Waals surface area contributed by atoms with Crippen LogP contribution in [0.25, 0.3) is 0 Å². The van der Waals surface area contributed by atoms with Gasteiger partial charge in [0.05, 0.1) is 6.61 Å². The molecular formula is C8H17NO. The molecule has 1 rings (SSSR count). The van der Waals surface area contributed by atoms with Gasteiger partial charge in [0.25, 0.3) is 0 Å². The van der Waals surface area contributed by atoms with Crippen LogP contribution in [0.1, 0.15) is 27.2 Å². The van der Waals surface area contributed by atoms with E-state index in [1.54, 1.807) is 0 Å². The van der Waals surface area contributed by atoms with Crippen molar-refractivity contribution in [2.75, 3.05) is 13.7 Å². The fraction of sp³-hybridized carbons (Fsp3) is 1.00. The summed E-state index contributed by atoms with van der Waals surface area (Å²) < 4.78 is 5.57. The van der Waals surface area contributed by atoms with E-state index in [4.69, 9.17) is 4.74 Å². The van der Waals surface area contributed by atoms with E-state index in [0.29, 0.717) is 6.04 Å². The lowest BCUT2D eigenvalue weighted by molar-refractivity contribution is -0.171. The van der Waals surface area contributed by atoms with Crippen molar-refractivity contribution < 1.29 is 4.74 Å². The van der Waals surface area contributed by atoms with Crippen LogP contribution in [0.2, 0.25) is 0 Å². The van der Waals surface area contributed by atoms with E-state index in [1.165, 1.54) is 0 Å². The van der Waals surface area contributed by atoms with Gasteiger partial charge in [0, 0.05) is 6.04 Å². The smallest absolute Gasteiger partial charge is 0.116 e. The second kappa shape index (κ2) is 2.51. The van der Waals surface area contributed by atoms with E-state index in [0.717, 1.165) is 13.0 Å². The molecular weight excluding hydrogens is 126 g/mol. The Bertz CT molecular complexity index is 122. The Hall–Kier alpha value is -0.0800. The van der Waals surface area contributed by atoms with Crippen LogP contribution in [0.5, 0.6) is 0 Å². The van der Waals surface area contributed by atoms with Gasteiger partial charge in [0.2, 0.25) is 0 Å². The summed E-state index contributed by atoms with van der Waals surface area (Å²) in [5.74, 6) is 0. The standard InChI is InChI=1S/C8H17NO/c1-7-5-6-10-8(2,3)9(7)4/h7H,5-6H2,1-4H3. The highest BCUT2D eigenvalue weighted by Gasteiger charge is 2.31. The van der Waals surface area contributed by atoms with Crippen molar-refractivity contribution in [2.45, 2.75) is 39.0 Å². The summed E-state index contributed by atoms with van der Waals surface area (Å²) in [7, 11) is 2.11. The summed E-state index contributed by atoms with van der Waals surface area (Å²) in [5.41, 5.74) is -0.0579. The summed E-state index contributed by atoms with van der Waals surface area (Å²) in [5, 5.41) is 0. The predicted octanol–water partition coefficient (Wildman–Crippen LogP) is 1.46. The fourth-order valence-electron chi connectivity index (χ4n) is 1.31. The fourth-order valence-corrected chi connectivity index (χ4v) is 1.31. The molecule has 2 heteroatoms. The first-order valence-corrected chi connectivity index (χ1v) is 3.91. The minimum Gasteiger partial charge on any atom is -0.361 e. The van der Waals surface area contributed by atoms with E-state index in [1.807, 2.05) is 0 Å². The Labute approximate surface area is 63.2 Å². The third kappa shape index (κ3) is 1.32. The molecule has 1 aliphatic heterocycles. The van der Waals surface area contributed by atoms with E-state index < -0.39 is 0 Å². The predicted molar refractivity (Wildman–Crippen MR) is 41.9 cm³/mol. The van der Waals surface area contributed by atoms with Crippen LogP contribution in [0.15, 0.2) is 0 Å². The summed E-state index contributed by atoms with van der Waals surface area (Å²) in [4.78, 5) is 2.27. The van der Waals surface area contributed by atoms with Crippen molar-refractivity contribution in [3.63, 3.8) is 0 Å². The molecule has 0 bridgehead atoms. The molecule has 10 heavy (non-hydrogen) atoms. The van der Waals surface area contributed by atoms with Gasteiger partial charge in [-0.15, -0.1) is 0 Å².